The second-order valence-corrected chi connectivity index (χ2v) is 7.89. The van der Waals surface area contributed by atoms with E-state index in [0.717, 1.165) is 5.75 Å². The number of hydrogen-bond acceptors (Lipinski definition) is 8. The molecule has 0 N–H and O–H groups in total. The molecule has 0 spiro atoms. The molecule has 0 radical (unpaired) electrons. The summed E-state index contributed by atoms with van der Waals surface area (Å²) in [6.07, 6.45) is 2.93. The molecule has 0 aliphatic carbocycles. The lowest BCUT2D eigenvalue weighted by molar-refractivity contribution is 0.364. The van der Waals surface area contributed by atoms with Crippen molar-refractivity contribution in [3.8, 4) is 11.8 Å². The van der Waals surface area contributed by atoms with E-state index in [-0.39, 0.29) is 17.4 Å². The maximum Gasteiger partial charge on any atom is 0.264 e. The number of fused-ring (bicyclic) bond motifs is 1. The number of benzene rings is 1. The van der Waals surface area contributed by atoms with Crippen LogP contribution in [0.3, 0.4) is 0 Å². The maximum absolute atomic E-state index is 12.9. The van der Waals surface area contributed by atoms with E-state index in [1.165, 1.54) is 17.1 Å². The van der Waals surface area contributed by atoms with Crippen molar-refractivity contribution in [1.82, 2.24) is 29.5 Å². The van der Waals surface area contributed by atoms with Crippen LogP contribution in [0.1, 0.15) is 36.4 Å². The molecule has 0 amide bonds. The number of rotatable bonds is 6. The van der Waals surface area contributed by atoms with Crippen molar-refractivity contribution in [2.24, 2.45) is 0 Å². The predicted molar refractivity (Wildman–Crippen MR) is 108 cm³/mol. The van der Waals surface area contributed by atoms with E-state index >= 15 is 0 Å². The van der Waals surface area contributed by atoms with Gasteiger partial charge >= 0.3 is 0 Å². The molecule has 29 heavy (non-hydrogen) atoms. The first-order valence-corrected chi connectivity index (χ1v) is 10.0. The molecule has 0 saturated carbocycles. The number of aromatic nitrogens is 6. The molecule has 4 aromatic rings. The summed E-state index contributed by atoms with van der Waals surface area (Å²) in [7, 11) is 0. The summed E-state index contributed by atoms with van der Waals surface area (Å²) in [6.45, 7) is 4.22. The zero-order valence-corrected chi connectivity index (χ0v) is 16.6. The highest BCUT2D eigenvalue weighted by Crippen LogP contribution is 2.25. The Balaban J connectivity index is 1.64. The van der Waals surface area contributed by atoms with Crippen molar-refractivity contribution >= 4 is 22.8 Å². The van der Waals surface area contributed by atoms with E-state index in [1.54, 1.807) is 40.7 Å². The Kier molecular flexibility index (Phi) is 5.14. The maximum atomic E-state index is 12.9. The Morgan fingerprint density at radius 1 is 1.31 bits per heavy atom. The van der Waals surface area contributed by atoms with Crippen LogP contribution in [0.5, 0.6) is 0 Å². The third-order valence-corrected chi connectivity index (χ3v) is 5.41. The Bertz CT molecular complexity index is 1250. The molecule has 0 saturated heterocycles. The zero-order chi connectivity index (χ0) is 20.4. The van der Waals surface area contributed by atoms with Gasteiger partial charge in [0.05, 0.1) is 28.8 Å². The van der Waals surface area contributed by atoms with Crippen molar-refractivity contribution in [2.45, 2.75) is 25.6 Å². The van der Waals surface area contributed by atoms with Crippen LogP contribution in [0, 0.1) is 11.3 Å². The molecular formula is C19H17N7O2S. The second kappa shape index (κ2) is 7.89. The molecule has 1 aromatic carbocycles. The van der Waals surface area contributed by atoms with Gasteiger partial charge in [-0.25, -0.2) is 9.67 Å². The average molecular weight is 407 g/mol. The summed E-state index contributed by atoms with van der Waals surface area (Å²) in [4.78, 5) is 21.6. The van der Waals surface area contributed by atoms with Crippen molar-refractivity contribution < 1.29 is 4.52 Å². The molecular weight excluding hydrogens is 390 g/mol. The van der Waals surface area contributed by atoms with Gasteiger partial charge in [0.15, 0.2) is 11.5 Å². The Hall–Kier alpha value is -3.45. The fraction of sp³-hybridized carbons (Fsp3) is 0.263. The molecule has 0 bridgehead atoms. The van der Waals surface area contributed by atoms with Gasteiger partial charge in [-0.3, -0.25) is 9.36 Å². The molecule has 0 fully saturated rings. The van der Waals surface area contributed by atoms with Gasteiger partial charge in [0.1, 0.15) is 18.3 Å². The van der Waals surface area contributed by atoms with E-state index in [4.69, 9.17) is 9.78 Å². The highest BCUT2D eigenvalue weighted by Gasteiger charge is 2.16. The monoisotopic (exact) mass is 407 g/mol. The number of nitrogens with zero attached hydrogens (tertiary/aromatic N) is 7. The summed E-state index contributed by atoms with van der Waals surface area (Å²) in [5.41, 5.74) is 1.46. The van der Waals surface area contributed by atoms with Gasteiger partial charge in [-0.1, -0.05) is 12.1 Å². The number of hydrogen-bond donors (Lipinski definition) is 0. The van der Waals surface area contributed by atoms with Gasteiger partial charge in [0.25, 0.3) is 5.56 Å². The smallest absolute Gasteiger partial charge is 0.264 e. The summed E-state index contributed by atoms with van der Waals surface area (Å²) in [5, 5.41) is 17.7. The SMILES string of the molecule is CCSC(C)c1noc(Cn2cnc3c(cnn3-c3ccc(C#N)cc3)c2=O)n1. The first-order chi connectivity index (χ1) is 14.1. The van der Waals surface area contributed by atoms with E-state index in [1.807, 2.05) is 6.92 Å². The normalized spacial score (nSPS) is 12.2. The van der Waals surface area contributed by atoms with Crippen LogP contribution in [0.2, 0.25) is 0 Å². The van der Waals surface area contributed by atoms with Crippen LogP contribution in [-0.4, -0.2) is 35.2 Å². The number of nitriles is 1. The third-order valence-electron chi connectivity index (χ3n) is 4.37. The van der Waals surface area contributed by atoms with Crippen LogP contribution < -0.4 is 5.56 Å². The molecule has 0 aliphatic heterocycles. The van der Waals surface area contributed by atoms with E-state index in [0.29, 0.717) is 34.0 Å². The van der Waals surface area contributed by atoms with Crippen LogP contribution in [-0.2, 0) is 6.54 Å². The predicted octanol–water partition coefficient (Wildman–Crippen LogP) is 2.70. The first kappa shape index (κ1) is 18.9. The van der Waals surface area contributed by atoms with Gasteiger partial charge in [0, 0.05) is 0 Å². The molecule has 1 unspecified atom stereocenters. The zero-order valence-electron chi connectivity index (χ0n) is 15.8. The quantitative estimate of drug-likeness (QED) is 0.479. The molecule has 146 valence electrons. The fourth-order valence-corrected chi connectivity index (χ4v) is 3.64. The van der Waals surface area contributed by atoms with Crippen LogP contribution in [0.4, 0.5) is 0 Å². The van der Waals surface area contributed by atoms with Crippen LogP contribution in [0.25, 0.3) is 16.7 Å². The molecule has 10 heteroatoms. The molecule has 0 aliphatic rings. The van der Waals surface area contributed by atoms with Gasteiger partial charge in [-0.2, -0.15) is 27.1 Å². The Labute approximate surface area is 170 Å². The Morgan fingerprint density at radius 3 is 2.83 bits per heavy atom. The van der Waals surface area contributed by atoms with Gasteiger partial charge < -0.3 is 4.52 Å². The van der Waals surface area contributed by atoms with E-state index in [9.17, 15) is 4.79 Å². The standard InChI is InChI=1S/C19H17N7O2S/c1-3-29-12(2)17-23-16(28-24-17)10-25-11-21-18-15(19(25)27)9-22-26(18)14-6-4-13(8-20)5-7-14/h4-7,9,11-12H,3,10H2,1-2H3. The van der Waals surface area contributed by atoms with Crippen molar-refractivity contribution in [2.75, 3.05) is 5.75 Å². The molecule has 3 heterocycles. The van der Waals surface area contributed by atoms with Crippen molar-refractivity contribution in [3.63, 3.8) is 0 Å². The summed E-state index contributed by atoms with van der Waals surface area (Å²) in [6, 6.07) is 8.97. The van der Waals surface area contributed by atoms with E-state index < -0.39 is 0 Å². The van der Waals surface area contributed by atoms with Gasteiger partial charge in [-0.15, -0.1) is 0 Å². The largest absolute Gasteiger partial charge is 0.337 e. The lowest BCUT2D eigenvalue weighted by atomic mass is 10.2. The van der Waals surface area contributed by atoms with Crippen LogP contribution >= 0.6 is 11.8 Å². The highest BCUT2D eigenvalue weighted by molar-refractivity contribution is 7.99. The van der Waals surface area contributed by atoms with E-state index in [2.05, 4.69) is 33.2 Å². The molecule has 4 rings (SSSR count). The summed E-state index contributed by atoms with van der Waals surface area (Å²) >= 11 is 1.72. The van der Waals surface area contributed by atoms with Crippen molar-refractivity contribution in [3.05, 3.63) is 64.4 Å². The van der Waals surface area contributed by atoms with Gasteiger partial charge in [-0.05, 0) is 36.9 Å². The van der Waals surface area contributed by atoms with Gasteiger partial charge in [0.2, 0.25) is 5.89 Å². The molecule has 1 atom stereocenters. The Morgan fingerprint density at radius 2 is 2.10 bits per heavy atom. The number of thioether (sulfide) groups is 1. The average Bonchev–Trinajstić information content (AvgIpc) is 3.38. The minimum Gasteiger partial charge on any atom is -0.337 e. The van der Waals surface area contributed by atoms with Crippen molar-refractivity contribution in [1.29, 1.82) is 5.26 Å². The third kappa shape index (κ3) is 3.64. The summed E-state index contributed by atoms with van der Waals surface area (Å²) < 4.78 is 8.28. The highest BCUT2D eigenvalue weighted by atomic mass is 32.2. The lowest BCUT2D eigenvalue weighted by Crippen LogP contribution is -2.21. The topological polar surface area (TPSA) is 115 Å². The second-order valence-electron chi connectivity index (χ2n) is 6.27. The minimum absolute atomic E-state index is 0.125. The lowest BCUT2D eigenvalue weighted by Gasteiger charge is -2.04. The molecule has 9 nitrogen and oxygen atoms in total. The fourth-order valence-electron chi connectivity index (χ4n) is 2.90. The molecule has 3 aromatic heterocycles. The summed E-state index contributed by atoms with van der Waals surface area (Å²) in [5.74, 6) is 1.92. The minimum atomic E-state index is -0.245. The van der Waals surface area contributed by atoms with Crippen LogP contribution in [0.15, 0.2) is 46.1 Å². The first-order valence-electron chi connectivity index (χ1n) is 8.98.